The van der Waals surface area contributed by atoms with Crippen molar-refractivity contribution < 1.29 is 8.42 Å². The minimum Gasteiger partial charge on any atom is -0.277 e. The Kier molecular flexibility index (Phi) is 4.71. The van der Waals surface area contributed by atoms with Gasteiger partial charge in [0.2, 0.25) is 0 Å². The highest BCUT2D eigenvalue weighted by molar-refractivity contribution is 7.92. The monoisotopic (exact) mass is 447 g/mol. The molecule has 5 rings (SSSR count). The second kappa shape index (κ2) is 7.46. The first-order valence-corrected chi connectivity index (χ1v) is 11.8. The van der Waals surface area contributed by atoms with E-state index in [9.17, 15) is 13.7 Å². The molecule has 1 aromatic carbocycles. The molecule has 0 radical (unpaired) electrons. The van der Waals surface area contributed by atoms with Crippen LogP contribution in [0.1, 0.15) is 31.2 Å². The van der Waals surface area contributed by atoms with E-state index in [2.05, 4.69) is 26.0 Å². The lowest BCUT2D eigenvalue weighted by molar-refractivity contribution is 0.571. The number of hydrogen-bond donors (Lipinski definition) is 1. The second-order valence-electron chi connectivity index (χ2n) is 8.04. The largest absolute Gasteiger partial charge is 0.277 e. The Bertz CT molecular complexity index is 1460. The lowest BCUT2D eigenvalue weighted by atomic mass is 9.81. The van der Waals surface area contributed by atoms with Crippen molar-refractivity contribution in [3.8, 4) is 11.9 Å². The number of anilines is 1. The standard InChI is InChI=1S/C22H21N7O2S/c1-28-21-16(12-25-28)5-4-6-19(21)27-32(30,31)18-13-26-29(14-18)20-11-17(7-10-24-20)22(15-23)8-2-3-9-22/h4-7,10-14,27H,2-3,8-9H2,1H3. The van der Waals surface area contributed by atoms with Gasteiger partial charge >= 0.3 is 0 Å². The van der Waals surface area contributed by atoms with Gasteiger partial charge in [-0.3, -0.25) is 9.40 Å². The molecule has 10 heteroatoms. The predicted octanol–water partition coefficient (Wildman–Crippen LogP) is 3.29. The minimum atomic E-state index is -3.88. The van der Waals surface area contributed by atoms with Gasteiger partial charge in [0.25, 0.3) is 10.0 Å². The number of sulfonamides is 1. The molecule has 3 heterocycles. The third kappa shape index (κ3) is 3.31. The summed E-state index contributed by atoms with van der Waals surface area (Å²) in [5.74, 6) is 0.471. The first-order chi connectivity index (χ1) is 15.4. The number of aromatic nitrogens is 5. The number of para-hydroxylation sites is 1. The lowest BCUT2D eigenvalue weighted by Crippen LogP contribution is -2.19. The van der Waals surface area contributed by atoms with Crippen LogP contribution < -0.4 is 4.72 Å². The number of nitriles is 1. The number of hydrogen-bond acceptors (Lipinski definition) is 6. The topological polar surface area (TPSA) is 118 Å². The maximum absolute atomic E-state index is 13.0. The van der Waals surface area contributed by atoms with Gasteiger partial charge in [-0.1, -0.05) is 25.0 Å². The van der Waals surface area contributed by atoms with E-state index in [0.717, 1.165) is 36.6 Å². The molecule has 162 valence electrons. The molecule has 3 aromatic heterocycles. The van der Waals surface area contributed by atoms with Crippen LogP contribution in [-0.4, -0.2) is 33.0 Å². The Morgan fingerprint density at radius 1 is 1.16 bits per heavy atom. The van der Waals surface area contributed by atoms with Crippen molar-refractivity contribution in [3.63, 3.8) is 0 Å². The molecule has 32 heavy (non-hydrogen) atoms. The quantitative estimate of drug-likeness (QED) is 0.501. The fourth-order valence-corrected chi connectivity index (χ4v) is 5.37. The van der Waals surface area contributed by atoms with E-state index in [4.69, 9.17) is 0 Å². The predicted molar refractivity (Wildman–Crippen MR) is 119 cm³/mol. The van der Waals surface area contributed by atoms with E-state index in [1.807, 2.05) is 18.2 Å². The second-order valence-corrected chi connectivity index (χ2v) is 9.72. The van der Waals surface area contributed by atoms with E-state index in [1.165, 1.54) is 17.1 Å². The number of fused-ring (bicyclic) bond motifs is 1. The maximum Gasteiger partial charge on any atom is 0.265 e. The van der Waals surface area contributed by atoms with Crippen molar-refractivity contribution in [2.75, 3.05) is 4.72 Å². The van der Waals surface area contributed by atoms with Gasteiger partial charge in [0.15, 0.2) is 5.82 Å². The van der Waals surface area contributed by atoms with Gasteiger partial charge in [-0.2, -0.15) is 15.5 Å². The van der Waals surface area contributed by atoms with E-state index >= 15 is 0 Å². The highest BCUT2D eigenvalue weighted by atomic mass is 32.2. The van der Waals surface area contributed by atoms with Gasteiger partial charge in [-0.25, -0.2) is 18.1 Å². The summed E-state index contributed by atoms with van der Waals surface area (Å²) >= 11 is 0. The number of pyridine rings is 1. The van der Waals surface area contributed by atoms with Crippen molar-refractivity contribution >= 4 is 26.6 Å². The summed E-state index contributed by atoms with van der Waals surface area (Å²) in [4.78, 5) is 4.35. The SMILES string of the molecule is Cn1ncc2cccc(NS(=O)(=O)c3cnn(-c4cc(C5(C#N)CCCC5)ccn4)c3)c21. The van der Waals surface area contributed by atoms with Crippen LogP contribution in [-0.2, 0) is 22.5 Å². The zero-order valence-corrected chi connectivity index (χ0v) is 18.2. The minimum absolute atomic E-state index is 0.0136. The Morgan fingerprint density at radius 3 is 2.75 bits per heavy atom. The van der Waals surface area contributed by atoms with Gasteiger partial charge in [-0.05, 0) is 36.6 Å². The van der Waals surface area contributed by atoms with Crippen LogP contribution in [0.15, 0.2) is 60.0 Å². The summed E-state index contributed by atoms with van der Waals surface area (Å²) < 4.78 is 31.8. The molecule has 0 amide bonds. The van der Waals surface area contributed by atoms with Crippen LogP contribution >= 0.6 is 0 Å². The first-order valence-electron chi connectivity index (χ1n) is 10.3. The number of benzene rings is 1. The molecule has 1 N–H and O–H groups in total. The van der Waals surface area contributed by atoms with Gasteiger partial charge < -0.3 is 0 Å². The number of aryl methyl sites for hydroxylation is 1. The van der Waals surface area contributed by atoms with Gasteiger partial charge in [-0.15, -0.1) is 0 Å². The lowest BCUT2D eigenvalue weighted by Gasteiger charge is -2.20. The molecular weight excluding hydrogens is 426 g/mol. The number of nitrogens with one attached hydrogen (secondary N) is 1. The van der Waals surface area contributed by atoms with Crippen LogP contribution in [0.4, 0.5) is 5.69 Å². The summed E-state index contributed by atoms with van der Waals surface area (Å²) in [6.45, 7) is 0. The van der Waals surface area contributed by atoms with Crippen LogP contribution in [0.2, 0.25) is 0 Å². The summed E-state index contributed by atoms with van der Waals surface area (Å²) in [5, 5.41) is 19.0. The molecule has 4 aromatic rings. The van der Waals surface area contributed by atoms with E-state index in [1.54, 1.807) is 36.3 Å². The Balaban J connectivity index is 1.47. The molecule has 1 aliphatic rings. The molecule has 0 aliphatic heterocycles. The highest BCUT2D eigenvalue weighted by Crippen LogP contribution is 2.40. The molecule has 1 fully saturated rings. The third-order valence-corrected chi connectivity index (χ3v) is 7.40. The van der Waals surface area contributed by atoms with Gasteiger partial charge in [0, 0.05) is 18.6 Å². The third-order valence-electron chi connectivity index (χ3n) is 6.08. The fourth-order valence-electron chi connectivity index (χ4n) is 4.37. The van der Waals surface area contributed by atoms with E-state index in [0.29, 0.717) is 17.0 Å². The molecule has 9 nitrogen and oxygen atoms in total. The molecule has 1 aliphatic carbocycles. The molecular formula is C22H21N7O2S. The van der Waals surface area contributed by atoms with Crippen molar-refractivity contribution in [2.45, 2.75) is 36.0 Å². The van der Waals surface area contributed by atoms with Crippen molar-refractivity contribution in [3.05, 3.63) is 60.7 Å². The molecule has 1 saturated carbocycles. The molecule has 0 spiro atoms. The molecule has 0 atom stereocenters. The average molecular weight is 448 g/mol. The van der Waals surface area contributed by atoms with Crippen LogP contribution in [0.25, 0.3) is 16.7 Å². The van der Waals surface area contributed by atoms with Crippen molar-refractivity contribution in [1.82, 2.24) is 24.5 Å². The van der Waals surface area contributed by atoms with Crippen LogP contribution in [0.5, 0.6) is 0 Å². The first kappa shape index (κ1) is 20.2. The summed E-state index contributed by atoms with van der Waals surface area (Å²) in [6.07, 6.45) is 9.70. The Hall–Kier alpha value is -3.71. The van der Waals surface area contributed by atoms with Crippen LogP contribution in [0.3, 0.4) is 0 Å². The zero-order valence-electron chi connectivity index (χ0n) is 17.4. The Morgan fingerprint density at radius 2 is 1.97 bits per heavy atom. The van der Waals surface area contributed by atoms with E-state index in [-0.39, 0.29) is 4.90 Å². The highest BCUT2D eigenvalue weighted by Gasteiger charge is 2.36. The molecule has 0 saturated heterocycles. The summed E-state index contributed by atoms with van der Waals surface area (Å²) in [7, 11) is -2.12. The normalized spacial score (nSPS) is 15.6. The molecule has 0 bridgehead atoms. The van der Waals surface area contributed by atoms with Crippen molar-refractivity contribution in [2.24, 2.45) is 7.05 Å². The smallest absolute Gasteiger partial charge is 0.265 e. The summed E-state index contributed by atoms with van der Waals surface area (Å²) in [6, 6.07) is 11.5. The number of rotatable bonds is 5. The number of nitrogens with zero attached hydrogens (tertiary/aromatic N) is 6. The van der Waals surface area contributed by atoms with Crippen LogP contribution in [0, 0.1) is 11.3 Å². The zero-order chi connectivity index (χ0) is 22.3. The summed E-state index contributed by atoms with van der Waals surface area (Å²) in [5.41, 5.74) is 1.51. The van der Waals surface area contributed by atoms with Crippen molar-refractivity contribution in [1.29, 1.82) is 5.26 Å². The molecule has 0 unspecified atom stereocenters. The maximum atomic E-state index is 13.0. The fraction of sp³-hybridized carbons (Fsp3) is 0.273. The Labute approximate surface area is 185 Å². The average Bonchev–Trinajstić information content (AvgIpc) is 3.55. The van der Waals surface area contributed by atoms with Gasteiger partial charge in [0.1, 0.15) is 4.90 Å². The van der Waals surface area contributed by atoms with Gasteiger partial charge in [0.05, 0.1) is 41.3 Å². The van der Waals surface area contributed by atoms with E-state index < -0.39 is 15.4 Å².